The molecule has 2 aliphatic carbocycles. The van der Waals surface area contributed by atoms with Crippen LogP contribution in [0.2, 0.25) is 0 Å². The van der Waals surface area contributed by atoms with Crippen LogP contribution in [0.25, 0.3) is 0 Å². The maximum absolute atomic E-state index is 12.6. The third kappa shape index (κ3) is 1.33. The van der Waals surface area contributed by atoms with Gasteiger partial charge in [-0.05, 0) is 45.4 Å². The van der Waals surface area contributed by atoms with Gasteiger partial charge in [0.15, 0.2) is 0 Å². The van der Waals surface area contributed by atoms with Gasteiger partial charge in [0, 0.05) is 5.54 Å². The quantitative estimate of drug-likeness (QED) is 0.773. The molecule has 3 fully saturated rings. The fourth-order valence-corrected chi connectivity index (χ4v) is 3.48. The van der Waals surface area contributed by atoms with Crippen LogP contribution in [-0.2, 0) is 4.79 Å². The number of nitrogens with one attached hydrogen (secondary N) is 1. The van der Waals surface area contributed by atoms with Gasteiger partial charge in [-0.2, -0.15) is 0 Å². The number of hydrogen-bond acceptors (Lipinski definition) is 2. The summed E-state index contributed by atoms with van der Waals surface area (Å²) in [6.07, 6.45) is 7.09. The average Bonchev–Trinajstić information content (AvgIpc) is 2.93. The molecule has 1 N–H and O–H groups in total. The van der Waals surface area contributed by atoms with E-state index in [2.05, 4.69) is 24.1 Å². The van der Waals surface area contributed by atoms with Crippen LogP contribution in [0.5, 0.6) is 0 Å². The van der Waals surface area contributed by atoms with E-state index in [1.54, 1.807) is 0 Å². The van der Waals surface area contributed by atoms with E-state index < -0.39 is 0 Å². The van der Waals surface area contributed by atoms with Gasteiger partial charge in [0.2, 0.25) is 5.91 Å². The van der Waals surface area contributed by atoms with Gasteiger partial charge in [0.1, 0.15) is 0 Å². The summed E-state index contributed by atoms with van der Waals surface area (Å²) in [5.74, 6) is 1.11. The van der Waals surface area contributed by atoms with E-state index >= 15 is 0 Å². The van der Waals surface area contributed by atoms with Crippen LogP contribution >= 0.6 is 0 Å². The lowest BCUT2D eigenvalue weighted by Crippen LogP contribution is -2.50. The van der Waals surface area contributed by atoms with Crippen molar-refractivity contribution < 1.29 is 4.79 Å². The van der Waals surface area contributed by atoms with Crippen LogP contribution in [0.4, 0.5) is 0 Å². The second kappa shape index (κ2) is 3.22. The zero-order valence-electron chi connectivity index (χ0n) is 10.4. The molecule has 0 aromatic carbocycles. The van der Waals surface area contributed by atoms with E-state index in [1.165, 1.54) is 25.7 Å². The van der Waals surface area contributed by atoms with E-state index in [0.717, 1.165) is 25.4 Å². The second-order valence-electron chi connectivity index (χ2n) is 6.29. The molecule has 16 heavy (non-hydrogen) atoms. The fourth-order valence-electron chi connectivity index (χ4n) is 3.48. The first-order chi connectivity index (χ1) is 7.56. The van der Waals surface area contributed by atoms with Gasteiger partial charge < -0.3 is 4.90 Å². The van der Waals surface area contributed by atoms with Crippen molar-refractivity contribution >= 4 is 5.91 Å². The third-order valence-electron chi connectivity index (χ3n) is 4.96. The minimum Gasteiger partial charge on any atom is -0.323 e. The van der Waals surface area contributed by atoms with Crippen LogP contribution in [0.15, 0.2) is 0 Å². The predicted octanol–water partition coefficient (Wildman–Crippen LogP) is 1.88. The van der Waals surface area contributed by atoms with Crippen molar-refractivity contribution in [1.29, 1.82) is 0 Å². The molecule has 3 nitrogen and oxygen atoms in total. The van der Waals surface area contributed by atoms with Crippen LogP contribution in [0.3, 0.4) is 0 Å². The smallest absolute Gasteiger partial charge is 0.244 e. The predicted molar refractivity (Wildman–Crippen MR) is 62.9 cm³/mol. The van der Waals surface area contributed by atoms with Crippen LogP contribution in [0, 0.1) is 5.92 Å². The highest BCUT2D eigenvalue weighted by atomic mass is 16.2. The van der Waals surface area contributed by atoms with Crippen LogP contribution < -0.4 is 5.32 Å². The van der Waals surface area contributed by atoms with Crippen molar-refractivity contribution in [2.24, 2.45) is 5.92 Å². The number of amides is 1. The van der Waals surface area contributed by atoms with Crippen molar-refractivity contribution in [2.45, 2.75) is 63.5 Å². The highest BCUT2D eigenvalue weighted by molar-refractivity contribution is 5.89. The monoisotopic (exact) mass is 222 g/mol. The largest absolute Gasteiger partial charge is 0.323 e. The van der Waals surface area contributed by atoms with E-state index in [0.29, 0.717) is 5.91 Å². The molecule has 0 aromatic rings. The molecule has 2 saturated carbocycles. The fraction of sp³-hybridized carbons (Fsp3) is 0.923. The third-order valence-corrected chi connectivity index (χ3v) is 4.96. The van der Waals surface area contributed by atoms with Gasteiger partial charge in [0.05, 0.1) is 12.2 Å². The highest BCUT2D eigenvalue weighted by Crippen LogP contribution is 2.46. The lowest BCUT2D eigenvalue weighted by molar-refractivity contribution is -0.137. The molecule has 3 aliphatic rings. The standard InChI is InChI=1S/C13H22N2O/c1-12(2,10-5-6-10)15-9-14-13(11(15)16)7-3-4-8-13/h10,14H,3-9H2,1-2H3. The maximum Gasteiger partial charge on any atom is 0.244 e. The zero-order valence-corrected chi connectivity index (χ0v) is 10.4. The molecule has 1 amide bonds. The van der Waals surface area contributed by atoms with Crippen molar-refractivity contribution in [3.05, 3.63) is 0 Å². The summed E-state index contributed by atoms with van der Waals surface area (Å²) in [7, 11) is 0. The van der Waals surface area contributed by atoms with E-state index in [9.17, 15) is 4.79 Å². The molecule has 3 rings (SSSR count). The molecule has 0 radical (unpaired) electrons. The number of rotatable bonds is 2. The molecular formula is C13H22N2O. The Balaban J connectivity index is 1.81. The SMILES string of the molecule is CC(C)(C1CC1)N1CNC2(CCCC2)C1=O. The van der Waals surface area contributed by atoms with Crippen molar-refractivity contribution in [1.82, 2.24) is 10.2 Å². The van der Waals surface area contributed by atoms with Crippen molar-refractivity contribution in [2.75, 3.05) is 6.67 Å². The summed E-state index contributed by atoms with van der Waals surface area (Å²) in [5.41, 5.74) is -0.109. The number of carbonyl (C=O) groups is 1. The van der Waals surface area contributed by atoms with Gasteiger partial charge in [-0.1, -0.05) is 12.8 Å². The Kier molecular flexibility index (Phi) is 2.13. The molecule has 1 heterocycles. The topological polar surface area (TPSA) is 32.3 Å². The molecule has 3 heteroatoms. The maximum atomic E-state index is 12.6. The minimum atomic E-state index is -0.174. The summed E-state index contributed by atoms with van der Waals surface area (Å²) in [6.45, 7) is 5.23. The molecular weight excluding hydrogens is 200 g/mol. The second-order valence-corrected chi connectivity index (χ2v) is 6.29. The minimum absolute atomic E-state index is 0.0656. The van der Waals surface area contributed by atoms with Gasteiger partial charge >= 0.3 is 0 Å². The van der Waals surface area contributed by atoms with E-state index in [4.69, 9.17) is 0 Å². The normalized spacial score (nSPS) is 29.4. The van der Waals surface area contributed by atoms with E-state index in [1.807, 2.05) is 0 Å². The van der Waals surface area contributed by atoms with Gasteiger partial charge in [-0.15, -0.1) is 0 Å². The molecule has 1 saturated heterocycles. The summed E-state index contributed by atoms with van der Waals surface area (Å²) in [5, 5.41) is 3.50. The van der Waals surface area contributed by atoms with Crippen LogP contribution in [0.1, 0.15) is 52.4 Å². The first-order valence-corrected chi connectivity index (χ1v) is 6.63. The molecule has 1 spiro atoms. The lowest BCUT2D eigenvalue weighted by Gasteiger charge is -2.36. The summed E-state index contributed by atoms with van der Waals surface area (Å²) in [6, 6.07) is 0. The molecule has 0 bridgehead atoms. The number of carbonyl (C=O) groups excluding carboxylic acids is 1. The number of hydrogen-bond donors (Lipinski definition) is 1. The molecule has 0 aromatic heterocycles. The first kappa shape index (κ1) is 10.6. The van der Waals surface area contributed by atoms with Gasteiger partial charge in [-0.3, -0.25) is 10.1 Å². The van der Waals surface area contributed by atoms with Crippen LogP contribution in [-0.4, -0.2) is 28.6 Å². The van der Waals surface area contributed by atoms with Crippen molar-refractivity contribution in [3.63, 3.8) is 0 Å². The molecule has 1 aliphatic heterocycles. The number of nitrogens with zero attached hydrogens (tertiary/aromatic N) is 1. The van der Waals surface area contributed by atoms with Gasteiger partial charge in [-0.25, -0.2) is 0 Å². The summed E-state index contributed by atoms with van der Waals surface area (Å²) in [4.78, 5) is 14.7. The Bertz CT molecular complexity index is 314. The first-order valence-electron chi connectivity index (χ1n) is 6.63. The molecule has 0 unspecified atom stereocenters. The zero-order chi connectivity index (χ0) is 11.4. The summed E-state index contributed by atoms with van der Waals surface area (Å²) < 4.78 is 0. The van der Waals surface area contributed by atoms with Gasteiger partial charge in [0.25, 0.3) is 0 Å². The molecule has 0 atom stereocenters. The Labute approximate surface area is 97.6 Å². The average molecular weight is 222 g/mol. The van der Waals surface area contributed by atoms with E-state index in [-0.39, 0.29) is 11.1 Å². The Morgan fingerprint density at radius 1 is 1.31 bits per heavy atom. The molecule has 90 valence electrons. The Morgan fingerprint density at radius 2 is 1.94 bits per heavy atom. The summed E-state index contributed by atoms with van der Waals surface area (Å²) >= 11 is 0. The lowest BCUT2D eigenvalue weighted by atomic mass is 9.92. The Morgan fingerprint density at radius 3 is 2.50 bits per heavy atom. The highest BCUT2D eigenvalue weighted by Gasteiger charge is 2.54. The van der Waals surface area contributed by atoms with Crippen molar-refractivity contribution in [3.8, 4) is 0 Å². The Hall–Kier alpha value is -0.570.